The molecule has 2 bridgehead atoms. The lowest BCUT2D eigenvalue weighted by Gasteiger charge is -2.23. The Morgan fingerprint density at radius 1 is 0.833 bits per heavy atom. The summed E-state index contributed by atoms with van der Waals surface area (Å²) in [5, 5.41) is 0. The van der Waals surface area contributed by atoms with Crippen molar-refractivity contribution in [2.24, 2.45) is 0 Å². The van der Waals surface area contributed by atoms with Crippen LogP contribution >= 0.6 is 0 Å². The van der Waals surface area contributed by atoms with E-state index < -0.39 is 0 Å². The van der Waals surface area contributed by atoms with E-state index in [9.17, 15) is 0 Å². The second-order valence-corrected chi connectivity index (χ2v) is 8.39. The first-order chi connectivity index (χ1) is 14.8. The lowest BCUT2D eigenvalue weighted by molar-refractivity contribution is 0.194. The molecule has 4 heteroatoms. The third-order valence-corrected chi connectivity index (χ3v) is 6.55. The van der Waals surface area contributed by atoms with Crippen LogP contribution in [0.4, 0.5) is 5.69 Å². The van der Waals surface area contributed by atoms with Crippen LogP contribution in [0.3, 0.4) is 0 Å². The van der Waals surface area contributed by atoms with E-state index in [4.69, 9.17) is 9.47 Å². The molecule has 0 spiro atoms. The third-order valence-electron chi connectivity index (χ3n) is 6.55. The molecule has 0 unspecified atom stereocenters. The molecule has 30 heavy (non-hydrogen) atoms. The van der Waals surface area contributed by atoms with Crippen LogP contribution in [0.15, 0.2) is 78.7 Å². The molecule has 0 amide bonds. The number of hydrogen-bond acceptors (Lipinski definition) is 4. The number of rotatable bonds is 8. The van der Waals surface area contributed by atoms with Gasteiger partial charge in [-0.25, -0.2) is 0 Å². The summed E-state index contributed by atoms with van der Waals surface area (Å²) in [4.78, 5) is 4.87. The number of ether oxygens (including phenoxy) is 2. The summed E-state index contributed by atoms with van der Waals surface area (Å²) in [7, 11) is 0. The molecule has 156 valence electrons. The van der Waals surface area contributed by atoms with Gasteiger partial charge in [-0.2, -0.15) is 0 Å². The van der Waals surface area contributed by atoms with Crippen molar-refractivity contribution in [2.45, 2.75) is 44.4 Å². The van der Waals surface area contributed by atoms with E-state index in [1.165, 1.54) is 31.2 Å². The average molecular weight is 403 g/mol. The van der Waals surface area contributed by atoms with Gasteiger partial charge in [0.05, 0.1) is 0 Å². The summed E-state index contributed by atoms with van der Waals surface area (Å²) in [6, 6.07) is 20.3. The molecule has 4 nitrogen and oxygen atoms in total. The number of benzene rings is 2. The maximum absolute atomic E-state index is 6.02. The summed E-state index contributed by atoms with van der Waals surface area (Å²) in [5.41, 5.74) is 2.34. The van der Waals surface area contributed by atoms with Crippen molar-refractivity contribution in [3.8, 4) is 5.75 Å². The van der Waals surface area contributed by atoms with E-state index in [-0.39, 0.29) is 0 Å². The molecule has 3 aliphatic rings. The van der Waals surface area contributed by atoms with Crippen LogP contribution in [-0.4, -0.2) is 36.7 Å². The smallest absolute Gasteiger partial charge is 0.119 e. The van der Waals surface area contributed by atoms with Crippen LogP contribution in [-0.2, 0) is 11.3 Å². The van der Waals surface area contributed by atoms with E-state index in [1.807, 2.05) is 24.3 Å². The lowest BCUT2D eigenvalue weighted by atomic mass is 10.0. The summed E-state index contributed by atoms with van der Waals surface area (Å²) >= 11 is 0. The molecular weight excluding hydrogens is 372 g/mol. The van der Waals surface area contributed by atoms with Crippen LogP contribution in [0, 0.1) is 0 Å². The summed E-state index contributed by atoms with van der Waals surface area (Å²) in [5.74, 6) is 1.87. The second-order valence-electron chi connectivity index (χ2n) is 8.39. The fourth-order valence-electron chi connectivity index (χ4n) is 4.91. The topological polar surface area (TPSA) is 24.9 Å². The van der Waals surface area contributed by atoms with Crippen molar-refractivity contribution in [2.75, 3.05) is 24.6 Å². The van der Waals surface area contributed by atoms with Gasteiger partial charge in [0, 0.05) is 37.1 Å². The molecule has 0 aliphatic carbocycles. The van der Waals surface area contributed by atoms with E-state index in [1.54, 1.807) is 0 Å². The van der Waals surface area contributed by atoms with Gasteiger partial charge in [0.25, 0.3) is 0 Å². The Bertz CT molecular complexity index is 871. The molecule has 2 aromatic carbocycles. The quantitative estimate of drug-likeness (QED) is 0.611. The monoisotopic (exact) mass is 402 g/mol. The normalized spacial score (nSPS) is 22.9. The standard InChI is InChI=1S/C26H30N2O2/c1-2-4-21(5-3-1)20-30-26-14-16-27(17-15-26)22-10-12-25(13-11-22)29-19-18-28-23-6-7-24(28)9-8-23/h1-5,10-16,23-24H,6-9,17-20H2. The lowest BCUT2D eigenvalue weighted by Crippen LogP contribution is -2.32. The Kier molecular flexibility index (Phi) is 5.76. The first-order valence-electron chi connectivity index (χ1n) is 11.2. The number of hydrogen-bond donors (Lipinski definition) is 0. The van der Waals surface area contributed by atoms with Crippen molar-refractivity contribution < 1.29 is 9.47 Å². The molecule has 2 saturated heterocycles. The molecule has 0 atom stereocenters. The van der Waals surface area contributed by atoms with Gasteiger partial charge in [0.2, 0.25) is 0 Å². The van der Waals surface area contributed by atoms with Gasteiger partial charge in [0.15, 0.2) is 0 Å². The molecule has 2 fully saturated rings. The summed E-state index contributed by atoms with van der Waals surface area (Å²) < 4.78 is 11.9. The molecule has 5 rings (SSSR count). The second kappa shape index (κ2) is 8.97. The van der Waals surface area contributed by atoms with Gasteiger partial charge in [-0.1, -0.05) is 30.3 Å². The highest BCUT2D eigenvalue weighted by Crippen LogP contribution is 2.36. The zero-order valence-corrected chi connectivity index (χ0v) is 17.5. The highest BCUT2D eigenvalue weighted by atomic mass is 16.5. The van der Waals surface area contributed by atoms with Crippen molar-refractivity contribution in [3.05, 3.63) is 84.3 Å². The Hall–Kier alpha value is -2.72. The van der Waals surface area contributed by atoms with E-state index in [0.717, 1.165) is 49.0 Å². The first kappa shape index (κ1) is 19.3. The minimum Gasteiger partial charge on any atom is -0.492 e. The molecule has 0 radical (unpaired) electrons. The van der Waals surface area contributed by atoms with Crippen LogP contribution < -0.4 is 9.64 Å². The van der Waals surface area contributed by atoms with Crippen molar-refractivity contribution in [3.63, 3.8) is 0 Å². The molecular formula is C26H30N2O2. The minimum absolute atomic E-state index is 0.599. The molecule has 2 aromatic rings. The maximum Gasteiger partial charge on any atom is 0.119 e. The van der Waals surface area contributed by atoms with E-state index in [0.29, 0.717) is 6.61 Å². The zero-order valence-electron chi connectivity index (χ0n) is 17.5. The third kappa shape index (κ3) is 4.39. The number of fused-ring (bicyclic) bond motifs is 2. The average Bonchev–Trinajstić information content (AvgIpc) is 3.39. The van der Waals surface area contributed by atoms with Gasteiger partial charge in [0.1, 0.15) is 24.7 Å². The molecule has 3 aliphatic heterocycles. The SMILES string of the molecule is C1=CN(c2ccc(OCCN3C4CCC3CC4)cc2)CC=C1OCc1ccccc1. The van der Waals surface area contributed by atoms with E-state index >= 15 is 0 Å². The van der Waals surface area contributed by atoms with Gasteiger partial charge in [-0.3, -0.25) is 4.90 Å². The number of anilines is 1. The fourth-order valence-corrected chi connectivity index (χ4v) is 4.91. The van der Waals surface area contributed by atoms with Gasteiger partial charge in [-0.05, 0) is 67.7 Å². The summed E-state index contributed by atoms with van der Waals surface area (Å²) in [6.45, 7) is 3.24. The predicted molar refractivity (Wildman–Crippen MR) is 120 cm³/mol. The molecule has 0 saturated carbocycles. The summed E-state index contributed by atoms with van der Waals surface area (Å²) in [6.07, 6.45) is 11.8. The Labute approximate surface area is 179 Å². The van der Waals surface area contributed by atoms with Crippen LogP contribution in [0.1, 0.15) is 31.2 Å². The van der Waals surface area contributed by atoms with Gasteiger partial charge in [-0.15, -0.1) is 0 Å². The Morgan fingerprint density at radius 3 is 2.23 bits per heavy atom. The number of allylic oxidation sites excluding steroid dienone is 1. The Morgan fingerprint density at radius 2 is 1.57 bits per heavy atom. The Balaban J connectivity index is 1.08. The molecule has 0 N–H and O–H groups in total. The van der Waals surface area contributed by atoms with E-state index in [2.05, 4.69) is 58.5 Å². The van der Waals surface area contributed by atoms with Gasteiger partial charge < -0.3 is 14.4 Å². The van der Waals surface area contributed by atoms with Crippen LogP contribution in [0.25, 0.3) is 0 Å². The number of nitrogens with zero attached hydrogens (tertiary/aromatic N) is 2. The maximum atomic E-state index is 6.02. The van der Waals surface area contributed by atoms with Crippen LogP contribution in [0.5, 0.6) is 5.75 Å². The van der Waals surface area contributed by atoms with Crippen molar-refractivity contribution >= 4 is 5.69 Å². The fraction of sp³-hybridized carbons (Fsp3) is 0.385. The predicted octanol–water partition coefficient (Wildman–Crippen LogP) is 5.13. The molecule has 0 aromatic heterocycles. The zero-order chi connectivity index (χ0) is 20.2. The first-order valence-corrected chi connectivity index (χ1v) is 11.2. The van der Waals surface area contributed by atoms with Gasteiger partial charge >= 0.3 is 0 Å². The minimum atomic E-state index is 0.599. The largest absolute Gasteiger partial charge is 0.492 e. The van der Waals surface area contributed by atoms with Crippen molar-refractivity contribution in [1.82, 2.24) is 4.90 Å². The van der Waals surface area contributed by atoms with Crippen LogP contribution in [0.2, 0.25) is 0 Å². The molecule has 3 heterocycles. The van der Waals surface area contributed by atoms with Crippen molar-refractivity contribution in [1.29, 1.82) is 0 Å². The highest BCUT2D eigenvalue weighted by molar-refractivity contribution is 5.53. The highest BCUT2D eigenvalue weighted by Gasteiger charge is 2.38.